The maximum Gasteiger partial charge on any atom is 0.241 e. The number of rotatable bonds is 6. The largest absolute Gasteiger partial charge is 0.399 e. The zero-order valence-corrected chi connectivity index (χ0v) is 15.0. The number of likely N-dealkylation sites (N-methyl/N-ethyl adjacent to an activating group) is 1. The molecule has 2 rings (SSSR count). The van der Waals surface area contributed by atoms with Crippen LogP contribution in [0.15, 0.2) is 18.2 Å². The molecule has 0 aliphatic carbocycles. The summed E-state index contributed by atoms with van der Waals surface area (Å²) in [5.41, 5.74) is 8.85. The van der Waals surface area contributed by atoms with Gasteiger partial charge in [-0.15, -0.1) is 0 Å². The Morgan fingerprint density at radius 1 is 1.35 bits per heavy atom. The van der Waals surface area contributed by atoms with E-state index in [1.54, 1.807) is 0 Å². The first-order chi connectivity index (χ1) is 10.8. The Morgan fingerprint density at radius 3 is 2.78 bits per heavy atom. The molecule has 1 heterocycles. The van der Waals surface area contributed by atoms with Crippen LogP contribution >= 0.6 is 0 Å². The van der Waals surface area contributed by atoms with Gasteiger partial charge in [0.05, 0.1) is 34.2 Å². The van der Waals surface area contributed by atoms with E-state index in [-0.39, 0.29) is 5.91 Å². The van der Waals surface area contributed by atoms with Gasteiger partial charge in [-0.1, -0.05) is 6.07 Å². The summed E-state index contributed by atoms with van der Waals surface area (Å²) in [6, 6.07) is 5.90. The smallest absolute Gasteiger partial charge is 0.241 e. The van der Waals surface area contributed by atoms with Crippen molar-refractivity contribution < 1.29 is 9.28 Å². The molecule has 1 aromatic carbocycles. The Hall–Kier alpha value is -1.59. The summed E-state index contributed by atoms with van der Waals surface area (Å²) in [6.45, 7) is 3.31. The summed E-state index contributed by atoms with van der Waals surface area (Å²) in [4.78, 5) is 16.7. The number of benzene rings is 1. The van der Waals surface area contributed by atoms with Crippen molar-refractivity contribution in [3.63, 3.8) is 0 Å². The van der Waals surface area contributed by atoms with Gasteiger partial charge in [-0.05, 0) is 37.6 Å². The van der Waals surface area contributed by atoms with Crippen LogP contribution in [0.4, 0.5) is 11.4 Å². The Bertz CT molecular complexity index is 550. The van der Waals surface area contributed by atoms with Gasteiger partial charge < -0.3 is 15.1 Å². The molecule has 0 radical (unpaired) electrons. The fraction of sp³-hybridized carbons (Fsp3) is 0.611. The highest BCUT2D eigenvalue weighted by molar-refractivity contribution is 5.96. The zero-order chi connectivity index (χ0) is 17.0. The number of amides is 1. The molecule has 5 nitrogen and oxygen atoms in total. The molecular formula is C18H31N4O+. The van der Waals surface area contributed by atoms with Gasteiger partial charge in [0, 0.05) is 30.9 Å². The van der Waals surface area contributed by atoms with Crippen LogP contribution in [-0.2, 0) is 11.2 Å². The van der Waals surface area contributed by atoms with Crippen molar-refractivity contribution >= 4 is 17.3 Å². The van der Waals surface area contributed by atoms with Crippen LogP contribution in [0.3, 0.4) is 0 Å². The molecule has 2 N–H and O–H groups in total. The monoisotopic (exact) mass is 319 g/mol. The molecular weight excluding hydrogens is 288 g/mol. The van der Waals surface area contributed by atoms with Gasteiger partial charge in [0.15, 0.2) is 0 Å². The molecule has 0 saturated carbocycles. The van der Waals surface area contributed by atoms with E-state index in [4.69, 9.17) is 5.73 Å². The lowest BCUT2D eigenvalue weighted by atomic mass is 10.0. The molecule has 1 amide bonds. The Balaban J connectivity index is 1.93. The maximum absolute atomic E-state index is 12.7. The number of nitrogens with two attached hydrogens (primary N) is 1. The van der Waals surface area contributed by atoms with E-state index in [1.807, 2.05) is 24.1 Å². The van der Waals surface area contributed by atoms with Crippen molar-refractivity contribution in [1.29, 1.82) is 0 Å². The lowest BCUT2D eigenvalue weighted by Gasteiger charge is -2.31. The van der Waals surface area contributed by atoms with E-state index >= 15 is 0 Å². The Morgan fingerprint density at radius 2 is 2.09 bits per heavy atom. The van der Waals surface area contributed by atoms with Crippen LogP contribution in [-0.4, -0.2) is 69.7 Å². The van der Waals surface area contributed by atoms with Crippen LogP contribution in [0.5, 0.6) is 0 Å². The molecule has 128 valence electrons. The van der Waals surface area contributed by atoms with E-state index in [9.17, 15) is 4.79 Å². The molecule has 23 heavy (non-hydrogen) atoms. The van der Waals surface area contributed by atoms with E-state index in [2.05, 4.69) is 32.1 Å². The predicted molar refractivity (Wildman–Crippen MR) is 96.5 cm³/mol. The van der Waals surface area contributed by atoms with Crippen LogP contribution in [0.1, 0.15) is 18.4 Å². The van der Waals surface area contributed by atoms with Crippen molar-refractivity contribution in [1.82, 2.24) is 4.90 Å². The minimum absolute atomic E-state index is 0.171. The standard InChI is InChI=1S/C18H31N4O/c1-20(10-6-12-22(2,3)4)14-18(23)21-11-5-7-15-8-9-16(19)13-17(15)21/h8-9,13H,5-7,10-12,14,19H2,1-4H3/q+1. The number of quaternary nitrogens is 1. The van der Waals surface area contributed by atoms with Crippen LogP contribution < -0.4 is 10.6 Å². The third kappa shape index (κ3) is 5.22. The number of nitrogens with zero attached hydrogens (tertiary/aromatic N) is 3. The number of hydrogen-bond donors (Lipinski definition) is 1. The number of anilines is 2. The third-order valence-corrected chi connectivity index (χ3v) is 4.30. The highest BCUT2D eigenvalue weighted by Gasteiger charge is 2.23. The zero-order valence-electron chi connectivity index (χ0n) is 15.0. The lowest BCUT2D eigenvalue weighted by Crippen LogP contribution is -2.43. The number of carbonyl (C=O) groups is 1. The summed E-state index contributed by atoms with van der Waals surface area (Å²) in [6.07, 6.45) is 3.14. The Labute approximate surface area is 140 Å². The van der Waals surface area contributed by atoms with E-state index in [0.29, 0.717) is 6.54 Å². The molecule has 1 aromatic rings. The van der Waals surface area contributed by atoms with Gasteiger partial charge in [-0.2, -0.15) is 0 Å². The van der Waals surface area contributed by atoms with Crippen molar-refractivity contribution in [2.45, 2.75) is 19.3 Å². The van der Waals surface area contributed by atoms with Gasteiger partial charge in [0.25, 0.3) is 0 Å². The number of nitrogen functional groups attached to an aromatic ring is 1. The minimum atomic E-state index is 0.171. The number of aryl methyl sites for hydroxylation is 1. The number of hydrogen-bond acceptors (Lipinski definition) is 3. The topological polar surface area (TPSA) is 49.6 Å². The molecule has 0 spiro atoms. The van der Waals surface area contributed by atoms with Crippen molar-refractivity contribution in [3.05, 3.63) is 23.8 Å². The highest BCUT2D eigenvalue weighted by atomic mass is 16.2. The molecule has 0 bridgehead atoms. The molecule has 0 saturated heterocycles. The molecule has 1 aliphatic rings. The van der Waals surface area contributed by atoms with Crippen molar-refractivity contribution in [2.75, 3.05) is 65.0 Å². The van der Waals surface area contributed by atoms with Crippen LogP contribution in [0.2, 0.25) is 0 Å². The van der Waals surface area contributed by atoms with Crippen LogP contribution in [0, 0.1) is 0 Å². The second kappa shape index (κ2) is 7.32. The second-order valence-electron chi connectivity index (χ2n) is 7.64. The average molecular weight is 319 g/mol. The fourth-order valence-corrected chi connectivity index (χ4v) is 3.06. The van der Waals surface area contributed by atoms with Gasteiger partial charge in [0.1, 0.15) is 0 Å². The van der Waals surface area contributed by atoms with Gasteiger partial charge in [0.2, 0.25) is 5.91 Å². The number of carbonyl (C=O) groups excluding carboxylic acids is 1. The van der Waals surface area contributed by atoms with Gasteiger partial charge in [-0.25, -0.2) is 0 Å². The molecule has 0 atom stereocenters. The van der Waals surface area contributed by atoms with Crippen LogP contribution in [0.25, 0.3) is 0 Å². The summed E-state index contributed by atoms with van der Waals surface area (Å²) in [5, 5.41) is 0. The summed E-state index contributed by atoms with van der Waals surface area (Å²) in [5.74, 6) is 0.171. The summed E-state index contributed by atoms with van der Waals surface area (Å²) < 4.78 is 0.959. The Kier molecular flexibility index (Phi) is 5.65. The lowest BCUT2D eigenvalue weighted by molar-refractivity contribution is -0.870. The predicted octanol–water partition coefficient (Wildman–Crippen LogP) is 1.58. The molecule has 0 fully saturated rings. The summed E-state index contributed by atoms with van der Waals surface area (Å²) in [7, 11) is 8.61. The maximum atomic E-state index is 12.7. The molecule has 1 aliphatic heterocycles. The first-order valence-corrected chi connectivity index (χ1v) is 8.44. The van der Waals surface area contributed by atoms with E-state index in [1.165, 1.54) is 5.56 Å². The van der Waals surface area contributed by atoms with Crippen molar-refractivity contribution in [3.8, 4) is 0 Å². The highest BCUT2D eigenvalue weighted by Crippen LogP contribution is 2.29. The van der Waals surface area contributed by atoms with Gasteiger partial charge in [-0.3, -0.25) is 9.69 Å². The molecule has 0 aromatic heterocycles. The molecule has 5 heteroatoms. The third-order valence-electron chi connectivity index (χ3n) is 4.30. The average Bonchev–Trinajstić information content (AvgIpc) is 2.45. The quantitative estimate of drug-likeness (QED) is 0.640. The molecule has 0 unspecified atom stereocenters. The van der Waals surface area contributed by atoms with E-state index < -0.39 is 0 Å². The summed E-state index contributed by atoms with van der Waals surface area (Å²) >= 11 is 0. The van der Waals surface area contributed by atoms with Gasteiger partial charge >= 0.3 is 0 Å². The first kappa shape index (κ1) is 17.8. The number of fused-ring (bicyclic) bond motifs is 1. The second-order valence-corrected chi connectivity index (χ2v) is 7.64. The SMILES string of the molecule is CN(CCC[N+](C)(C)C)CC(=O)N1CCCc2ccc(N)cc21. The first-order valence-electron chi connectivity index (χ1n) is 8.44. The van der Waals surface area contributed by atoms with E-state index in [0.717, 1.165) is 54.8 Å². The fourth-order valence-electron chi connectivity index (χ4n) is 3.06. The normalized spacial score (nSPS) is 14.9. The minimum Gasteiger partial charge on any atom is -0.399 e. The van der Waals surface area contributed by atoms with Crippen molar-refractivity contribution in [2.24, 2.45) is 0 Å².